The Hall–Kier alpha value is -2.32. The van der Waals surface area contributed by atoms with Gasteiger partial charge < -0.3 is 13.9 Å². The Kier molecular flexibility index (Phi) is 5.68. The number of hydrogen-bond acceptors (Lipinski definition) is 7. The van der Waals surface area contributed by atoms with Crippen LogP contribution in [0.2, 0.25) is 0 Å². The van der Waals surface area contributed by atoms with Crippen molar-refractivity contribution in [2.45, 2.75) is 49.7 Å². The van der Waals surface area contributed by atoms with Crippen molar-refractivity contribution in [2.75, 3.05) is 13.7 Å². The standard InChI is InChI=1S/C20H24N4O3S/c1-13-11-21-19(27-13)14(2)28-20-23-22-18(15-6-8-16(25-3)9-7-15)24(20)12-17-5-4-10-26-17/h6-9,11,14,17H,4-5,10,12H2,1-3H3/t14-,17-/m1/s1. The summed E-state index contributed by atoms with van der Waals surface area (Å²) < 4.78 is 19.0. The molecule has 0 unspecified atom stereocenters. The second-order valence-corrected chi connectivity index (χ2v) is 8.16. The first-order valence-electron chi connectivity index (χ1n) is 9.42. The summed E-state index contributed by atoms with van der Waals surface area (Å²) in [7, 11) is 1.66. The van der Waals surface area contributed by atoms with Gasteiger partial charge in [-0.1, -0.05) is 11.8 Å². The summed E-state index contributed by atoms with van der Waals surface area (Å²) in [6, 6.07) is 7.88. The van der Waals surface area contributed by atoms with Gasteiger partial charge in [-0.05, 0) is 51.0 Å². The minimum Gasteiger partial charge on any atom is -0.497 e. The van der Waals surface area contributed by atoms with Gasteiger partial charge in [-0.3, -0.25) is 4.57 Å². The summed E-state index contributed by atoms with van der Waals surface area (Å²) in [4.78, 5) is 4.35. The third kappa shape index (κ3) is 4.07. The van der Waals surface area contributed by atoms with Gasteiger partial charge in [-0.25, -0.2) is 4.98 Å². The molecule has 0 spiro atoms. The molecule has 0 N–H and O–H groups in total. The summed E-state index contributed by atoms with van der Waals surface area (Å²) in [6.07, 6.45) is 4.08. The van der Waals surface area contributed by atoms with E-state index >= 15 is 0 Å². The fraction of sp³-hybridized carbons (Fsp3) is 0.450. The van der Waals surface area contributed by atoms with Gasteiger partial charge in [0.1, 0.15) is 11.5 Å². The molecule has 0 bridgehead atoms. The van der Waals surface area contributed by atoms with E-state index in [1.165, 1.54) is 0 Å². The highest BCUT2D eigenvalue weighted by atomic mass is 32.2. The second-order valence-electron chi connectivity index (χ2n) is 6.85. The Balaban J connectivity index is 1.63. The third-order valence-corrected chi connectivity index (χ3v) is 5.81. The van der Waals surface area contributed by atoms with Gasteiger partial charge in [0.15, 0.2) is 11.0 Å². The van der Waals surface area contributed by atoms with Gasteiger partial charge >= 0.3 is 0 Å². The molecule has 3 heterocycles. The van der Waals surface area contributed by atoms with Crippen molar-refractivity contribution in [3.8, 4) is 17.1 Å². The number of thioether (sulfide) groups is 1. The lowest BCUT2D eigenvalue weighted by Gasteiger charge is -2.16. The maximum Gasteiger partial charge on any atom is 0.207 e. The van der Waals surface area contributed by atoms with Crippen molar-refractivity contribution >= 4 is 11.8 Å². The largest absolute Gasteiger partial charge is 0.497 e. The fourth-order valence-electron chi connectivity index (χ4n) is 3.25. The Labute approximate surface area is 168 Å². The van der Waals surface area contributed by atoms with Gasteiger partial charge in [0.2, 0.25) is 5.89 Å². The highest BCUT2D eigenvalue weighted by Gasteiger charge is 2.24. The van der Waals surface area contributed by atoms with Crippen molar-refractivity contribution in [3.05, 3.63) is 42.1 Å². The number of methoxy groups -OCH3 is 1. The predicted molar refractivity (Wildman–Crippen MR) is 106 cm³/mol. The first-order chi connectivity index (χ1) is 13.6. The number of rotatable bonds is 7. The van der Waals surface area contributed by atoms with Gasteiger partial charge in [0.05, 0.1) is 31.2 Å². The number of ether oxygens (including phenoxy) is 2. The second kappa shape index (κ2) is 8.36. The number of nitrogens with zero attached hydrogens (tertiary/aromatic N) is 4. The van der Waals surface area contributed by atoms with E-state index in [0.717, 1.165) is 54.0 Å². The van der Waals surface area contributed by atoms with E-state index < -0.39 is 0 Å². The molecule has 148 valence electrons. The van der Waals surface area contributed by atoms with E-state index in [9.17, 15) is 0 Å². The van der Waals surface area contributed by atoms with E-state index in [4.69, 9.17) is 13.9 Å². The third-order valence-electron chi connectivity index (χ3n) is 4.74. The van der Waals surface area contributed by atoms with Crippen molar-refractivity contribution in [3.63, 3.8) is 0 Å². The van der Waals surface area contributed by atoms with Crippen molar-refractivity contribution in [1.82, 2.24) is 19.7 Å². The molecule has 4 rings (SSSR count). The van der Waals surface area contributed by atoms with Crippen LogP contribution in [0.5, 0.6) is 5.75 Å². The molecule has 28 heavy (non-hydrogen) atoms. The zero-order valence-corrected chi connectivity index (χ0v) is 17.1. The molecule has 1 saturated heterocycles. The number of aromatic nitrogens is 4. The Morgan fingerprint density at radius 2 is 2.11 bits per heavy atom. The molecule has 0 radical (unpaired) electrons. The summed E-state index contributed by atoms with van der Waals surface area (Å²) >= 11 is 1.60. The lowest BCUT2D eigenvalue weighted by Crippen LogP contribution is -2.16. The molecule has 1 aromatic carbocycles. The molecule has 1 aliphatic heterocycles. The highest BCUT2D eigenvalue weighted by Crippen LogP contribution is 2.36. The molecule has 8 heteroatoms. The van der Waals surface area contributed by atoms with E-state index in [0.29, 0.717) is 5.89 Å². The predicted octanol–water partition coefficient (Wildman–Crippen LogP) is 4.28. The monoisotopic (exact) mass is 400 g/mol. The van der Waals surface area contributed by atoms with Gasteiger partial charge in [-0.2, -0.15) is 0 Å². The summed E-state index contributed by atoms with van der Waals surface area (Å²) in [6.45, 7) is 5.51. The Bertz CT molecular complexity index is 916. The van der Waals surface area contributed by atoms with E-state index in [-0.39, 0.29) is 11.4 Å². The molecule has 2 atom stereocenters. The number of hydrogen-bond donors (Lipinski definition) is 0. The topological polar surface area (TPSA) is 75.2 Å². The maximum absolute atomic E-state index is 5.87. The van der Waals surface area contributed by atoms with Crippen LogP contribution in [0, 0.1) is 6.92 Å². The lowest BCUT2D eigenvalue weighted by atomic mass is 10.2. The lowest BCUT2D eigenvalue weighted by molar-refractivity contribution is 0.0953. The molecule has 1 fully saturated rings. The molecule has 7 nitrogen and oxygen atoms in total. The molecular formula is C20H24N4O3S. The molecule has 0 saturated carbocycles. The van der Waals surface area contributed by atoms with Crippen LogP contribution in [0.3, 0.4) is 0 Å². The Morgan fingerprint density at radius 3 is 2.75 bits per heavy atom. The van der Waals surface area contributed by atoms with Crippen LogP contribution in [-0.4, -0.2) is 39.6 Å². The van der Waals surface area contributed by atoms with Crippen molar-refractivity contribution in [1.29, 1.82) is 0 Å². The minimum absolute atomic E-state index is 0.0323. The van der Waals surface area contributed by atoms with E-state index in [2.05, 4.69) is 26.7 Å². The number of oxazole rings is 1. The Morgan fingerprint density at radius 1 is 1.29 bits per heavy atom. The molecule has 2 aromatic heterocycles. The molecular weight excluding hydrogens is 376 g/mol. The highest BCUT2D eigenvalue weighted by molar-refractivity contribution is 7.99. The first kappa shape index (κ1) is 19.0. The normalized spacial score (nSPS) is 17.8. The zero-order valence-electron chi connectivity index (χ0n) is 16.3. The van der Waals surface area contributed by atoms with Crippen LogP contribution in [0.1, 0.15) is 36.7 Å². The van der Waals surface area contributed by atoms with Crippen molar-refractivity contribution < 1.29 is 13.9 Å². The fourth-order valence-corrected chi connectivity index (χ4v) is 4.16. The van der Waals surface area contributed by atoms with Gasteiger partial charge in [0, 0.05) is 12.2 Å². The van der Waals surface area contributed by atoms with Crippen LogP contribution in [0.4, 0.5) is 0 Å². The molecule has 3 aromatic rings. The smallest absolute Gasteiger partial charge is 0.207 e. The van der Waals surface area contributed by atoms with Crippen LogP contribution in [0.15, 0.2) is 40.0 Å². The summed E-state index contributed by atoms with van der Waals surface area (Å²) in [5.41, 5.74) is 0.998. The molecule has 0 aliphatic carbocycles. The van der Waals surface area contributed by atoms with Crippen LogP contribution >= 0.6 is 11.8 Å². The molecule has 1 aliphatic rings. The zero-order chi connectivity index (χ0) is 19.5. The first-order valence-corrected chi connectivity index (χ1v) is 10.3. The number of aryl methyl sites for hydroxylation is 1. The van der Waals surface area contributed by atoms with Gasteiger partial charge in [0.25, 0.3) is 0 Å². The maximum atomic E-state index is 5.87. The average molecular weight is 401 g/mol. The van der Waals surface area contributed by atoms with E-state index in [1.807, 2.05) is 31.2 Å². The summed E-state index contributed by atoms with van der Waals surface area (Å²) in [5.74, 6) is 3.15. The van der Waals surface area contributed by atoms with Crippen molar-refractivity contribution in [2.24, 2.45) is 0 Å². The van der Waals surface area contributed by atoms with Crippen LogP contribution < -0.4 is 4.74 Å². The minimum atomic E-state index is 0.0323. The van der Waals surface area contributed by atoms with Gasteiger partial charge in [-0.15, -0.1) is 10.2 Å². The van der Waals surface area contributed by atoms with Crippen LogP contribution in [0.25, 0.3) is 11.4 Å². The number of benzene rings is 1. The molecule has 0 amide bonds. The summed E-state index contributed by atoms with van der Waals surface area (Å²) in [5, 5.41) is 9.82. The van der Waals surface area contributed by atoms with Crippen LogP contribution in [-0.2, 0) is 11.3 Å². The average Bonchev–Trinajstić information content (AvgIpc) is 3.45. The SMILES string of the molecule is COc1ccc(-c2nnc(S[C@H](C)c3ncc(C)o3)n2C[C@H]2CCCO2)cc1. The van der Waals surface area contributed by atoms with E-state index in [1.54, 1.807) is 25.1 Å². The quantitative estimate of drug-likeness (QED) is 0.548.